The average Bonchev–Trinajstić information content (AvgIpc) is 2.33. The number of hydrogen-bond donors (Lipinski definition) is 1. The largest absolute Gasteiger partial charge is 0.365 e. The van der Waals surface area contributed by atoms with Gasteiger partial charge in [-0.2, -0.15) is 0 Å². The van der Waals surface area contributed by atoms with E-state index in [4.69, 9.17) is 12.2 Å². The van der Waals surface area contributed by atoms with Crippen LogP contribution in [0.2, 0.25) is 0 Å². The SMILES string of the molecule is CCC1(CC)CSC(=S)N1. The minimum atomic E-state index is 0.321. The van der Waals surface area contributed by atoms with E-state index in [9.17, 15) is 0 Å². The fourth-order valence-corrected chi connectivity index (χ4v) is 2.69. The van der Waals surface area contributed by atoms with Gasteiger partial charge >= 0.3 is 0 Å². The lowest BCUT2D eigenvalue weighted by Crippen LogP contribution is -2.41. The fourth-order valence-electron chi connectivity index (χ4n) is 1.12. The molecule has 3 heteroatoms. The molecule has 0 bridgehead atoms. The lowest BCUT2D eigenvalue weighted by molar-refractivity contribution is 0.409. The van der Waals surface area contributed by atoms with Crippen LogP contribution < -0.4 is 5.32 Å². The maximum atomic E-state index is 5.05. The second kappa shape index (κ2) is 3.09. The second-order valence-corrected chi connectivity index (χ2v) is 4.34. The molecule has 1 fully saturated rings. The Morgan fingerprint density at radius 2 is 2.20 bits per heavy atom. The molecule has 0 unspecified atom stereocenters. The van der Waals surface area contributed by atoms with E-state index in [2.05, 4.69) is 19.2 Å². The monoisotopic (exact) mass is 175 g/mol. The Morgan fingerprint density at radius 3 is 2.40 bits per heavy atom. The van der Waals surface area contributed by atoms with Crippen molar-refractivity contribution >= 4 is 28.3 Å². The van der Waals surface area contributed by atoms with Crippen molar-refractivity contribution in [2.24, 2.45) is 0 Å². The highest BCUT2D eigenvalue weighted by molar-refractivity contribution is 8.23. The van der Waals surface area contributed by atoms with Crippen LogP contribution >= 0.6 is 24.0 Å². The molecule has 0 aromatic heterocycles. The molecular weight excluding hydrogens is 162 g/mol. The van der Waals surface area contributed by atoms with Gasteiger partial charge < -0.3 is 5.32 Å². The zero-order valence-electron chi connectivity index (χ0n) is 6.44. The molecule has 1 heterocycles. The molecule has 1 N–H and O–H groups in total. The second-order valence-electron chi connectivity index (χ2n) is 2.69. The first-order chi connectivity index (χ1) is 4.72. The van der Waals surface area contributed by atoms with Gasteiger partial charge in [-0.25, -0.2) is 0 Å². The third kappa shape index (κ3) is 1.45. The van der Waals surface area contributed by atoms with Crippen LogP contribution in [0.3, 0.4) is 0 Å². The van der Waals surface area contributed by atoms with Crippen molar-refractivity contribution in [1.29, 1.82) is 0 Å². The first-order valence-corrected chi connectivity index (χ1v) is 5.07. The topological polar surface area (TPSA) is 12.0 Å². The summed E-state index contributed by atoms with van der Waals surface area (Å²) >= 11 is 6.83. The van der Waals surface area contributed by atoms with E-state index in [-0.39, 0.29) is 0 Å². The Morgan fingerprint density at radius 1 is 1.60 bits per heavy atom. The Kier molecular flexibility index (Phi) is 2.58. The molecule has 0 atom stereocenters. The maximum absolute atomic E-state index is 5.05. The number of hydrogen-bond acceptors (Lipinski definition) is 2. The van der Waals surface area contributed by atoms with E-state index >= 15 is 0 Å². The molecular formula is C7H13NS2. The average molecular weight is 175 g/mol. The highest BCUT2D eigenvalue weighted by Crippen LogP contribution is 2.28. The van der Waals surface area contributed by atoms with E-state index in [0.29, 0.717) is 5.54 Å². The molecule has 0 spiro atoms. The molecule has 1 aliphatic rings. The van der Waals surface area contributed by atoms with Gasteiger partial charge in [0.15, 0.2) is 0 Å². The summed E-state index contributed by atoms with van der Waals surface area (Å²) in [6.45, 7) is 4.43. The highest BCUT2D eigenvalue weighted by Gasteiger charge is 2.32. The quantitative estimate of drug-likeness (QED) is 0.646. The zero-order chi connectivity index (χ0) is 7.61. The number of thiocarbonyl (C=S) groups is 1. The molecule has 1 nitrogen and oxygen atoms in total. The van der Waals surface area contributed by atoms with Gasteiger partial charge in [-0.1, -0.05) is 37.8 Å². The third-order valence-electron chi connectivity index (χ3n) is 2.20. The van der Waals surface area contributed by atoms with Crippen molar-refractivity contribution in [2.45, 2.75) is 32.2 Å². The predicted molar refractivity (Wildman–Crippen MR) is 51.5 cm³/mol. The normalized spacial score (nSPS) is 22.8. The summed E-state index contributed by atoms with van der Waals surface area (Å²) in [6, 6.07) is 0. The van der Waals surface area contributed by atoms with Crippen molar-refractivity contribution in [3.8, 4) is 0 Å². The van der Waals surface area contributed by atoms with Crippen LogP contribution in [0.25, 0.3) is 0 Å². The molecule has 10 heavy (non-hydrogen) atoms. The van der Waals surface area contributed by atoms with E-state index in [1.807, 2.05) is 0 Å². The molecule has 0 aromatic rings. The van der Waals surface area contributed by atoms with Crippen LogP contribution in [0.15, 0.2) is 0 Å². The smallest absolute Gasteiger partial charge is 0.134 e. The Balaban J connectivity index is 2.59. The number of thioether (sulfide) groups is 1. The summed E-state index contributed by atoms with van der Waals surface area (Å²) in [5, 5.41) is 3.36. The van der Waals surface area contributed by atoms with Crippen LogP contribution in [-0.2, 0) is 0 Å². The molecule has 0 saturated carbocycles. The van der Waals surface area contributed by atoms with E-state index < -0.39 is 0 Å². The first-order valence-electron chi connectivity index (χ1n) is 3.67. The molecule has 58 valence electrons. The summed E-state index contributed by atoms with van der Waals surface area (Å²) in [6.07, 6.45) is 2.35. The van der Waals surface area contributed by atoms with Crippen molar-refractivity contribution in [1.82, 2.24) is 5.32 Å². The van der Waals surface area contributed by atoms with Gasteiger partial charge in [-0.05, 0) is 12.8 Å². The number of nitrogens with one attached hydrogen (secondary N) is 1. The lowest BCUT2D eigenvalue weighted by atomic mass is 9.96. The molecule has 1 aliphatic heterocycles. The van der Waals surface area contributed by atoms with Gasteiger partial charge in [0, 0.05) is 11.3 Å². The molecule has 0 aliphatic carbocycles. The molecule has 1 rings (SSSR count). The van der Waals surface area contributed by atoms with E-state index in [1.165, 1.54) is 12.8 Å². The maximum Gasteiger partial charge on any atom is 0.134 e. The fraction of sp³-hybridized carbons (Fsp3) is 0.857. The zero-order valence-corrected chi connectivity index (χ0v) is 8.07. The summed E-state index contributed by atoms with van der Waals surface area (Å²) in [4.78, 5) is 0. The van der Waals surface area contributed by atoms with Gasteiger partial charge in [-0.3, -0.25) is 0 Å². The van der Waals surface area contributed by atoms with Crippen molar-refractivity contribution in [2.75, 3.05) is 5.75 Å². The van der Waals surface area contributed by atoms with E-state index in [1.54, 1.807) is 11.8 Å². The molecule has 0 aromatic carbocycles. The van der Waals surface area contributed by atoms with Crippen LogP contribution in [0.1, 0.15) is 26.7 Å². The summed E-state index contributed by atoms with van der Waals surface area (Å²) in [5.41, 5.74) is 0.321. The van der Waals surface area contributed by atoms with Crippen molar-refractivity contribution in [3.63, 3.8) is 0 Å². The minimum absolute atomic E-state index is 0.321. The molecule has 0 radical (unpaired) electrons. The summed E-state index contributed by atoms with van der Waals surface area (Å²) < 4.78 is 0.976. The van der Waals surface area contributed by atoms with Gasteiger partial charge in [0.25, 0.3) is 0 Å². The standard InChI is InChI=1S/C7H13NS2/c1-3-7(4-2)5-10-6(9)8-7/h3-5H2,1-2H3,(H,8,9). The molecule has 1 saturated heterocycles. The summed E-state index contributed by atoms with van der Waals surface area (Å²) in [5.74, 6) is 1.15. The lowest BCUT2D eigenvalue weighted by Gasteiger charge is -2.25. The van der Waals surface area contributed by atoms with Crippen LogP contribution in [0.4, 0.5) is 0 Å². The van der Waals surface area contributed by atoms with Crippen LogP contribution in [-0.4, -0.2) is 15.6 Å². The van der Waals surface area contributed by atoms with Crippen molar-refractivity contribution < 1.29 is 0 Å². The Bertz CT molecular complexity index is 141. The number of rotatable bonds is 2. The van der Waals surface area contributed by atoms with Gasteiger partial charge in [0.2, 0.25) is 0 Å². The van der Waals surface area contributed by atoms with Crippen LogP contribution in [0, 0.1) is 0 Å². The first kappa shape index (κ1) is 8.34. The molecule has 0 amide bonds. The summed E-state index contributed by atoms with van der Waals surface area (Å²) in [7, 11) is 0. The minimum Gasteiger partial charge on any atom is -0.365 e. The predicted octanol–water partition coefficient (Wildman–Crippen LogP) is 2.17. The van der Waals surface area contributed by atoms with Crippen LogP contribution in [0.5, 0.6) is 0 Å². The van der Waals surface area contributed by atoms with Crippen molar-refractivity contribution in [3.05, 3.63) is 0 Å². The van der Waals surface area contributed by atoms with Gasteiger partial charge in [-0.15, -0.1) is 0 Å². The Labute approximate surface area is 72.0 Å². The van der Waals surface area contributed by atoms with Gasteiger partial charge in [0.05, 0.1) is 0 Å². The Hall–Kier alpha value is 0.240. The van der Waals surface area contributed by atoms with Gasteiger partial charge in [0.1, 0.15) is 4.32 Å². The van der Waals surface area contributed by atoms with E-state index in [0.717, 1.165) is 10.1 Å². The highest BCUT2D eigenvalue weighted by atomic mass is 32.2. The third-order valence-corrected chi connectivity index (χ3v) is 3.72.